The van der Waals surface area contributed by atoms with Gasteiger partial charge >= 0.3 is 0 Å². The maximum atomic E-state index is 11.7. The van der Waals surface area contributed by atoms with Gasteiger partial charge in [-0.1, -0.05) is 12.1 Å². The Morgan fingerprint density at radius 1 is 1.30 bits per heavy atom. The molecule has 1 saturated heterocycles. The fourth-order valence-electron chi connectivity index (χ4n) is 2.55. The lowest BCUT2D eigenvalue weighted by Gasteiger charge is -2.39. The molecule has 1 aromatic rings. The van der Waals surface area contributed by atoms with Gasteiger partial charge in [0.1, 0.15) is 0 Å². The van der Waals surface area contributed by atoms with Crippen molar-refractivity contribution < 1.29 is 9.59 Å². The van der Waals surface area contributed by atoms with Crippen LogP contribution in [0.5, 0.6) is 0 Å². The highest BCUT2D eigenvalue weighted by Crippen LogP contribution is 2.24. The summed E-state index contributed by atoms with van der Waals surface area (Å²) in [6.45, 7) is 3.87. The standard InChI is InChI=1S/C15H21N3O2/c1-11(19)18-8-7-17(3)14(10-18)12-5-4-6-13(9-12)15(20)16-2/h4-6,9,14H,7-8,10H2,1-3H3,(H,16,20)/t14-/m1/s1. The van der Waals surface area contributed by atoms with Crippen LogP contribution < -0.4 is 5.32 Å². The molecular weight excluding hydrogens is 254 g/mol. The lowest BCUT2D eigenvalue weighted by molar-refractivity contribution is -0.131. The molecule has 108 valence electrons. The summed E-state index contributed by atoms with van der Waals surface area (Å²) in [4.78, 5) is 27.3. The Kier molecular flexibility index (Phi) is 4.39. The smallest absolute Gasteiger partial charge is 0.251 e. The number of hydrogen-bond acceptors (Lipinski definition) is 3. The van der Waals surface area contributed by atoms with Crippen molar-refractivity contribution >= 4 is 11.8 Å². The first kappa shape index (κ1) is 14.5. The molecule has 0 saturated carbocycles. The second-order valence-electron chi connectivity index (χ2n) is 5.17. The van der Waals surface area contributed by atoms with E-state index >= 15 is 0 Å². The Bertz CT molecular complexity index is 516. The van der Waals surface area contributed by atoms with Gasteiger partial charge in [-0.15, -0.1) is 0 Å². The van der Waals surface area contributed by atoms with Crippen LogP contribution in [0.3, 0.4) is 0 Å². The molecule has 1 atom stereocenters. The highest BCUT2D eigenvalue weighted by Gasteiger charge is 2.27. The number of carbonyl (C=O) groups excluding carboxylic acids is 2. The van der Waals surface area contributed by atoms with E-state index in [4.69, 9.17) is 0 Å². The number of amides is 2. The SMILES string of the molecule is CNC(=O)c1cccc([C@H]2CN(C(C)=O)CCN2C)c1. The van der Waals surface area contributed by atoms with Crippen LogP contribution in [-0.4, -0.2) is 55.3 Å². The van der Waals surface area contributed by atoms with Gasteiger partial charge in [-0.2, -0.15) is 0 Å². The van der Waals surface area contributed by atoms with Gasteiger partial charge in [0.2, 0.25) is 5.91 Å². The number of benzene rings is 1. The molecule has 0 unspecified atom stereocenters. The molecule has 1 aliphatic rings. The summed E-state index contributed by atoms with van der Waals surface area (Å²) in [6, 6.07) is 7.74. The van der Waals surface area contributed by atoms with E-state index in [1.54, 1.807) is 20.0 Å². The van der Waals surface area contributed by atoms with Crippen molar-refractivity contribution in [3.63, 3.8) is 0 Å². The molecule has 0 spiro atoms. The quantitative estimate of drug-likeness (QED) is 0.872. The van der Waals surface area contributed by atoms with Crippen molar-refractivity contribution in [2.75, 3.05) is 33.7 Å². The first-order chi connectivity index (χ1) is 9.52. The van der Waals surface area contributed by atoms with Crippen molar-refractivity contribution in [1.82, 2.24) is 15.1 Å². The number of rotatable bonds is 2. The van der Waals surface area contributed by atoms with E-state index in [1.807, 2.05) is 23.1 Å². The largest absolute Gasteiger partial charge is 0.355 e. The Labute approximate surface area is 119 Å². The molecule has 0 bridgehead atoms. The summed E-state index contributed by atoms with van der Waals surface area (Å²) in [6.07, 6.45) is 0. The number of nitrogens with zero attached hydrogens (tertiary/aromatic N) is 2. The first-order valence-corrected chi connectivity index (χ1v) is 6.80. The predicted octanol–water partition coefficient (Wildman–Crippen LogP) is 0.881. The normalized spacial score (nSPS) is 19.8. The van der Waals surface area contributed by atoms with Crippen LogP contribution in [0.2, 0.25) is 0 Å². The number of piperazine rings is 1. The van der Waals surface area contributed by atoms with Crippen LogP contribution in [0.15, 0.2) is 24.3 Å². The zero-order valence-electron chi connectivity index (χ0n) is 12.2. The molecule has 5 nitrogen and oxygen atoms in total. The van der Waals surface area contributed by atoms with Crippen molar-refractivity contribution in [3.8, 4) is 0 Å². The van der Waals surface area contributed by atoms with Crippen molar-refractivity contribution in [2.45, 2.75) is 13.0 Å². The summed E-state index contributed by atoms with van der Waals surface area (Å²) < 4.78 is 0. The molecular formula is C15H21N3O2. The Morgan fingerprint density at radius 2 is 2.05 bits per heavy atom. The Balaban J connectivity index is 2.24. The van der Waals surface area contributed by atoms with Crippen molar-refractivity contribution in [3.05, 3.63) is 35.4 Å². The number of hydrogen-bond donors (Lipinski definition) is 1. The average Bonchev–Trinajstić information content (AvgIpc) is 2.46. The third-order valence-electron chi connectivity index (χ3n) is 3.85. The van der Waals surface area contributed by atoms with E-state index in [0.29, 0.717) is 12.1 Å². The zero-order valence-corrected chi connectivity index (χ0v) is 12.2. The van der Waals surface area contributed by atoms with Crippen LogP contribution in [0.1, 0.15) is 28.9 Å². The van der Waals surface area contributed by atoms with Gasteiger partial charge in [-0.3, -0.25) is 14.5 Å². The summed E-state index contributed by atoms with van der Waals surface area (Å²) in [5.74, 6) is 0.0132. The average molecular weight is 275 g/mol. The lowest BCUT2D eigenvalue weighted by atomic mass is 10.00. The second kappa shape index (κ2) is 6.05. The third kappa shape index (κ3) is 2.99. The molecule has 5 heteroatoms. The lowest BCUT2D eigenvalue weighted by Crippen LogP contribution is -2.48. The van der Waals surface area contributed by atoms with Gasteiger partial charge in [0.05, 0.1) is 6.04 Å². The van der Waals surface area contributed by atoms with Crippen molar-refractivity contribution in [1.29, 1.82) is 0 Å². The Morgan fingerprint density at radius 3 is 2.70 bits per heavy atom. The van der Waals surface area contributed by atoms with Gasteiger partial charge in [0, 0.05) is 39.2 Å². The van der Waals surface area contributed by atoms with Crippen LogP contribution in [0.25, 0.3) is 0 Å². The molecule has 1 aliphatic heterocycles. The maximum absolute atomic E-state index is 11.7. The minimum absolute atomic E-state index is 0.0891. The third-order valence-corrected chi connectivity index (χ3v) is 3.85. The summed E-state index contributed by atoms with van der Waals surface area (Å²) in [7, 11) is 3.67. The number of nitrogens with one attached hydrogen (secondary N) is 1. The number of carbonyl (C=O) groups is 2. The highest BCUT2D eigenvalue weighted by atomic mass is 16.2. The molecule has 0 radical (unpaired) electrons. The van der Waals surface area contributed by atoms with E-state index in [1.165, 1.54) is 0 Å². The minimum Gasteiger partial charge on any atom is -0.355 e. The van der Waals surface area contributed by atoms with Gasteiger partial charge in [-0.05, 0) is 24.7 Å². The maximum Gasteiger partial charge on any atom is 0.251 e. The second-order valence-corrected chi connectivity index (χ2v) is 5.17. The minimum atomic E-state index is -0.0891. The van der Waals surface area contributed by atoms with E-state index in [0.717, 1.165) is 18.7 Å². The van der Waals surface area contributed by atoms with Gasteiger partial charge < -0.3 is 10.2 Å². The van der Waals surface area contributed by atoms with Crippen LogP contribution in [0.4, 0.5) is 0 Å². The summed E-state index contributed by atoms with van der Waals surface area (Å²) in [5, 5.41) is 2.63. The molecule has 20 heavy (non-hydrogen) atoms. The first-order valence-electron chi connectivity index (χ1n) is 6.80. The van der Waals surface area contributed by atoms with Gasteiger partial charge in [0.25, 0.3) is 5.91 Å². The fourth-order valence-corrected chi connectivity index (χ4v) is 2.55. The van der Waals surface area contributed by atoms with Crippen molar-refractivity contribution in [2.24, 2.45) is 0 Å². The van der Waals surface area contributed by atoms with Crippen LogP contribution >= 0.6 is 0 Å². The molecule has 1 N–H and O–H groups in total. The van der Waals surface area contributed by atoms with Gasteiger partial charge in [-0.25, -0.2) is 0 Å². The molecule has 0 aliphatic carbocycles. The van der Waals surface area contributed by atoms with E-state index in [-0.39, 0.29) is 17.9 Å². The molecule has 2 rings (SSSR count). The summed E-state index contributed by atoms with van der Waals surface area (Å²) in [5.41, 5.74) is 1.72. The molecule has 1 fully saturated rings. The summed E-state index contributed by atoms with van der Waals surface area (Å²) >= 11 is 0. The predicted molar refractivity (Wildman–Crippen MR) is 77.5 cm³/mol. The van der Waals surface area contributed by atoms with E-state index in [9.17, 15) is 9.59 Å². The monoisotopic (exact) mass is 275 g/mol. The van der Waals surface area contributed by atoms with E-state index < -0.39 is 0 Å². The van der Waals surface area contributed by atoms with Crippen LogP contribution in [0, 0.1) is 0 Å². The Hall–Kier alpha value is -1.88. The molecule has 0 aromatic heterocycles. The highest BCUT2D eigenvalue weighted by molar-refractivity contribution is 5.94. The molecule has 1 heterocycles. The number of likely N-dealkylation sites (N-methyl/N-ethyl adjacent to an activating group) is 1. The fraction of sp³-hybridized carbons (Fsp3) is 0.467. The van der Waals surface area contributed by atoms with E-state index in [2.05, 4.69) is 17.3 Å². The molecule has 2 amide bonds. The molecule has 1 aromatic carbocycles. The van der Waals surface area contributed by atoms with Crippen LogP contribution in [-0.2, 0) is 4.79 Å². The zero-order chi connectivity index (χ0) is 14.7. The topological polar surface area (TPSA) is 52.7 Å². The van der Waals surface area contributed by atoms with Gasteiger partial charge in [0.15, 0.2) is 0 Å².